The number of aryl methyl sites for hydroxylation is 2. The normalized spacial score (nSPS) is 12.0. The number of hydrogen-bond acceptors (Lipinski definition) is 3. The Bertz CT molecular complexity index is 752. The molecule has 2 aromatic rings. The third-order valence-corrected chi connectivity index (χ3v) is 3.89. The highest BCUT2D eigenvalue weighted by Crippen LogP contribution is 2.17. The van der Waals surface area contributed by atoms with Crippen LogP contribution in [0.15, 0.2) is 53.5 Å². The zero-order valence-corrected chi connectivity index (χ0v) is 15.1. The van der Waals surface area contributed by atoms with Gasteiger partial charge in [0.25, 0.3) is 5.91 Å². The standard InChI is InChI=1S/C20H26N2O3/c1-15(2)19(25-17-9-6-8-16(3)14-17)20(24)21-11-7-13-22-12-5-4-10-18(22)23/h4-6,8-10,12,14-15,19H,7,11,13H2,1-3H3,(H,21,24)/t19-/m1/s1. The van der Waals surface area contributed by atoms with Gasteiger partial charge in [0.15, 0.2) is 6.10 Å². The molecule has 0 saturated carbocycles. The summed E-state index contributed by atoms with van der Waals surface area (Å²) in [4.78, 5) is 24.1. The summed E-state index contributed by atoms with van der Waals surface area (Å²) < 4.78 is 7.52. The van der Waals surface area contributed by atoms with Gasteiger partial charge in [0.1, 0.15) is 5.75 Å². The minimum Gasteiger partial charge on any atom is -0.480 e. The number of carbonyl (C=O) groups is 1. The fourth-order valence-corrected chi connectivity index (χ4v) is 2.53. The van der Waals surface area contributed by atoms with Crippen molar-refractivity contribution >= 4 is 5.91 Å². The molecule has 1 aromatic carbocycles. The van der Waals surface area contributed by atoms with Crippen LogP contribution in [0.25, 0.3) is 0 Å². The lowest BCUT2D eigenvalue weighted by atomic mass is 10.1. The molecule has 134 valence electrons. The summed E-state index contributed by atoms with van der Waals surface area (Å²) in [6.07, 6.45) is 1.90. The first-order chi connectivity index (χ1) is 12.0. The number of benzene rings is 1. The number of rotatable bonds is 8. The predicted octanol–water partition coefficient (Wildman–Crippen LogP) is 2.77. The van der Waals surface area contributed by atoms with E-state index < -0.39 is 6.10 Å². The molecule has 0 radical (unpaired) electrons. The Hall–Kier alpha value is -2.56. The second kappa shape index (κ2) is 9.06. The molecule has 0 spiro atoms. The number of pyridine rings is 1. The van der Waals surface area contributed by atoms with Crippen LogP contribution in [0.1, 0.15) is 25.8 Å². The van der Waals surface area contributed by atoms with Gasteiger partial charge in [0.05, 0.1) is 0 Å². The number of hydrogen-bond donors (Lipinski definition) is 1. The molecule has 0 saturated heterocycles. The highest BCUT2D eigenvalue weighted by atomic mass is 16.5. The van der Waals surface area contributed by atoms with Crippen molar-refractivity contribution in [1.82, 2.24) is 9.88 Å². The molecule has 1 aromatic heterocycles. The Kier molecular flexibility index (Phi) is 6.81. The summed E-state index contributed by atoms with van der Waals surface area (Å²) in [5.41, 5.74) is 1.06. The van der Waals surface area contributed by atoms with E-state index in [1.807, 2.05) is 51.1 Å². The molecule has 5 heteroatoms. The van der Waals surface area contributed by atoms with Gasteiger partial charge < -0.3 is 14.6 Å². The largest absolute Gasteiger partial charge is 0.480 e. The molecule has 0 bridgehead atoms. The number of aromatic nitrogens is 1. The van der Waals surface area contributed by atoms with E-state index in [0.717, 1.165) is 5.56 Å². The van der Waals surface area contributed by atoms with Crippen LogP contribution in [-0.4, -0.2) is 23.1 Å². The Labute approximate surface area is 148 Å². The van der Waals surface area contributed by atoms with Gasteiger partial charge in [-0.3, -0.25) is 9.59 Å². The summed E-state index contributed by atoms with van der Waals surface area (Å²) in [5, 5.41) is 2.91. The quantitative estimate of drug-likeness (QED) is 0.751. The van der Waals surface area contributed by atoms with Crippen LogP contribution in [0.4, 0.5) is 0 Å². The maximum atomic E-state index is 12.4. The molecule has 0 unspecified atom stereocenters. The molecule has 5 nitrogen and oxygen atoms in total. The maximum Gasteiger partial charge on any atom is 0.261 e. The first kappa shape index (κ1) is 18.8. The smallest absolute Gasteiger partial charge is 0.261 e. The molecule has 0 aliphatic rings. The lowest BCUT2D eigenvalue weighted by Crippen LogP contribution is -2.42. The Morgan fingerprint density at radius 3 is 2.68 bits per heavy atom. The van der Waals surface area contributed by atoms with Crippen molar-refractivity contribution < 1.29 is 9.53 Å². The third-order valence-electron chi connectivity index (χ3n) is 3.89. The third kappa shape index (κ3) is 5.78. The zero-order chi connectivity index (χ0) is 18.2. The molecule has 1 heterocycles. The average molecular weight is 342 g/mol. The Balaban J connectivity index is 1.86. The first-order valence-electron chi connectivity index (χ1n) is 8.64. The summed E-state index contributed by atoms with van der Waals surface area (Å²) in [5.74, 6) is 0.624. The van der Waals surface area contributed by atoms with E-state index in [9.17, 15) is 9.59 Å². The monoisotopic (exact) mass is 342 g/mol. The molecular formula is C20H26N2O3. The van der Waals surface area contributed by atoms with Gasteiger partial charge in [0, 0.05) is 25.4 Å². The van der Waals surface area contributed by atoms with Gasteiger partial charge in [0.2, 0.25) is 5.56 Å². The minimum absolute atomic E-state index is 0.0309. The van der Waals surface area contributed by atoms with Crippen LogP contribution in [0.2, 0.25) is 0 Å². The van der Waals surface area contributed by atoms with Crippen molar-refractivity contribution in [2.45, 2.75) is 39.8 Å². The minimum atomic E-state index is -0.541. The molecule has 1 N–H and O–H groups in total. The lowest BCUT2D eigenvalue weighted by Gasteiger charge is -2.22. The number of carbonyl (C=O) groups excluding carboxylic acids is 1. The molecule has 0 aliphatic heterocycles. The fourth-order valence-electron chi connectivity index (χ4n) is 2.53. The van der Waals surface area contributed by atoms with Crippen LogP contribution >= 0.6 is 0 Å². The van der Waals surface area contributed by atoms with Gasteiger partial charge >= 0.3 is 0 Å². The van der Waals surface area contributed by atoms with E-state index >= 15 is 0 Å². The summed E-state index contributed by atoms with van der Waals surface area (Å²) >= 11 is 0. The van der Waals surface area contributed by atoms with Crippen LogP contribution < -0.4 is 15.6 Å². The molecular weight excluding hydrogens is 316 g/mol. The molecule has 2 rings (SSSR count). The summed E-state index contributed by atoms with van der Waals surface area (Å²) in [7, 11) is 0. The SMILES string of the molecule is Cc1cccc(O[C@@H](C(=O)NCCCn2ccccc2=O)C(C)C)c1. The number of ether oxygens (including phenoxy) is 1. The maximum absolute atomic E-state index is 12.4. The van der Waals surface area contributed by atoms with Crippen molar-refractivity contribution in [2.75, 3.05) is 6.54 Å². The van der Waals surface area contributed by atoms with E-state index in [4.69, 9.17) is 4.74 Å². The fraction of sp³-hybridized carbons (Fsp3) is 0.400. The molecule has 0 aliphatic carbocycles. The van der Waals surface area contributed by atoms with Crippen LogP contribution in [0.3, 0.4) is 0 Å². The lowest BCUT2D eigenvalue weighted by molar-refractivity contribution is -0.129. The number of amides is 1. The summed E-state index contributed by atoms with van der Waals surface area (Å²) in [6, 6.07) is 12.8. The average Bonchev–Trinajstić information content (AvgIpc) is 2.57. The molecule has 0 fully saturated rings. The van der Waals surface area contributed by atoms with Crippen LogP contribution in [0.5, 0.6) is 5.75 Å². The zero-order valence-electron chi connectivity index (χ0n) is 15.1. The van der Waals surface area contributed by atoms with E-state index in [-0.39, 0.29) is 17.4 Å². The predicted molar refractivity (Wildman–Crippen MR) is 98.8 cm³/mol. The topological polar surface area (TPSA) is 60.3 Å². The first-order valence-corrected chi connectivity index (χ1v) is 8.64. The van der Waals surface area contributed by atoms with Crippen molar-refractivity contribution in [1.29, 1.82) is 0 Å². The second-order valence-corrected chi connectivity index (χ2v) is 6.48. The number of nitrogens with one attached hydrogen (secondary N) is 1. The Morgan fingerprint density at radius 1 is 1.20 bits per heavy atom. The van der Waals surface area contributed by atoms with E-state index in [0.29, 0.717) is 25.3 Å². The Morgan fingerprint density at radius 2 is 2.00 bits per heavy atom. The van der Waals surface area contributed by atoms with Crippen molar-refractivity contribution in [3.05, 3.63) is 64.6 Å². The van der Waals surface area contributed by atoms with Crippen molar-refractivity contribution in [3.8, 4) is 5.75 Å². The van der Waals surface area contributed by atoms with Gasteiger partial charge in [-0.2, -0.15) is 0 Å². The van der Waals surface area contributed by atoms with E-state index in [2.05, 4.69) is 5.32 Å². The van der Waals surface area contributed by atoms with E-state index in [1.54, 1.807) is 16.8 Å². The van der Waals surface area contributed by atoms with Crippen molar-refractivity contribution in [3.63, 3.8) is 0 Å². The second-order valence-electron chi connectivity index (χ2n) is 6.48. The highest BCUT2D eigenvalue weighted by molar-refractivity contribution is 5.81. The van der Waals surface area contributed by atoms with Gasteiger partial charge in [-0.1, -0.05) is 32.0 Å². The summed E-state index contributed by atoms with van der Waals surface area (Å²) in [6.45, 7) is 6.99. The molecule has 1 amide bonds. The van der Waals surface area contributed by atoms with E-state index in [1.165, 1.54) is 6.07 Å². The van der Waals surface area contributed by atoms with Gasteiger partial charge in [-0.05, 0) is 43.0 Å². The van der Waals surface area contributed by atoms with Crippen molar-refractivity contribution in [2.24, 2.45) is 5.92 Å². The van der Waals surface area contributed by atoms with Gasteiger partial charge in [-0.15, -0.1) is 0 Å². The van der Waals surface area contributed by atoms with Crippen LogP contribution in [-0.2, 0) is 11.3 Å². The number of nitrogens with zero attached hydrogens (tertiary/aromatic N) is 1. The van der Waals surface area contributed by atoms with Crippen LogP contribution in [0, 0.1) is 12.8 Å². The molecule has 25 heavy (non-hydrogen) atoms. The molecule has 1 atom stereocenters. The highest BCUT2D eigenvalue weighted by Gasteiger charge is 2.23. The van der Waals surface area contributed by atoms with Gasteiger partial charge in [-0.25, -0.2) is 0 Å².